The van der Waals surface area contributed by atoms with E-state index in [1.165, 1.54) is 10.6 Å². The van der Waals surface area contributed by atoms with Crippen molar-refractivity contribution in [3.8, 4) is 0 Å². The molecule has 18 heavy (non-hydrogen) atoms. The lowest BCUT2D eigenvalue weighted by Gasteiger charge is -2.17. The molecule has 0 fully saturated rings. The zero-order chi connectivity index (χ0) is 13.0. The molecule has 5 nitrogen and oxygen atoms in total. The lowest BCUT2D eigenvalue weighted by Crippen LogP contribution is -2.40. The smallest absolute Gasteiger partial charge is 0.250 e. The Morgan fingerprint density at radius 2 is 2.11 bits per heavy atom. The lowest BCUT2D eigenvalue weighted by molar-refractivity contribution is -0.118. The summed E-state index contributed by atoms with van der Waals surface area (Å²) in [4.78, 5) is 23.0. The molecule has 1 rings (SSSR count). The van der Waals surface area contributed by atoms with Crippen LogP contribution in [0.2, 0.25) is 0 Å². The van der Waals surface area contributed by atoms with E-state index >= 15 is 0 Å². The van der Waals surface area contributed by atoms with Gasteiger partial charge < -0.3 is 15.6 Å². The second-order valence-corrected chi connectivity index (χ2v) is 4.27. The van der Waals surface area contributed by atoms with Gasteiger partial charge in [0.1, 0.15) is 0 Å². The number of nitrogens with zero attached hydrogens (tertiary/aromatic N) is 1. The molecule has 0 aliphatic carbocycles. The Kier molecular flexibility index (Phi) is 6.65. The minimum absolute atomic E-state index is 0. The van der Waals surface area contributed by atoms with Gasteiger partial charge in [-0.25, -0.2) is 0 Å². The minimum Gasteiger partial charge on any atom is -0.323 e. The summed E-state index contributed by atoms with van der Waals surface area (Å²) >= 11 is 0. The van der Waals surface area contributed by atoms with Gasteiger partial charge in [-0.05, 0) is 12.0 Å². The molecule has 0 aliphatic rings. The Bertz CT molecular complexity index is 459. The van der Waals surface area contributed by atoms with Crippen LogP contribution in [0.4, 0.5) is 5.69 Å². The molecule has 0 aromatic carbocycles. The normalized spacial score (nSPS) is 13.3. The van der Waals surface area contributed by atoms with Crippen molar-refractivity contribution in [2.24, 2.45) is 18.7 Å². The number of aryl methyl sites for hydroxylation is 1. The number of aromatic nitrogens is 1. The monoisotopic (exact) mass is 273 g/mol. The molecule has 1 heterocycles. The number of carbonyl (C=O) groups is 1. The number of hydrogen-bond acceptors (Lipinski definition) is 3. The van der Waals surface area contributed by atoms with Gasteiger partial charge in [-0.15, -0.1) is 12.4 Å². The van der Waals surface area contributed by atoms with Crippen molar-refractivity contribution >= 4 is 24.0 Å². The van der Waals surface area contributed by atoms with Gasteiger partial charge >= 0.3 is 0 Å². The Labute approximate surface area is 113 Å². The van der Waals surface area contributed by atoms with Crippen LogP contribution in [0.3, 0.4) is 0 Å². The molecule has 0 bridgehead atoms. The number of nitrogens with one attached hydrogen (secondary N) is 1. The van der Waals surface area contributed by atoms with Gasteiger partial charge in [-0.1, -0.05) is 20.3 Å². The average Bonchev–Trinajstić information content (AvgIpc) is 2.31. The third-order valence-electron chi connectivity index (χ3n) is 2.91. The van der Waals surface area contributed by atoms with Gasteiger partial charge in [0.05, 0.1) is 11.7 Å². The van der Waals surface area contributed by atoms with Gasteiger partial charge in [-0.2, -0.15) is 0 Å². The Balaban J connectivity index is 0.00000289. The number of hydrogen-bond donors (Lipinski definition) is 2. The molecule has 3 N–H and O–H groups in total. The predicted molar refractivity (Wildman–Crippen MR) is 75.0 cm³/mol. The second-order valence-electron chi connectivity index (χ2n) is 4.27. The first-order chi connectivity index (χ1) is 7.95. The van der Waals surface area contributed by atoms with Crippen molar-refractivity contribution in [2.75, 3.05) is 5.32 Å². The van der Waals surface area contributed by atoms with E-state index < -0.39 is 6.04 Å². The standard InChI is InChI=1S/C12H19N3O2.ClH/c1-4-8(2)11(13)12(17)14-9-5-6-10(16)15(3)7-9;/h5-8,11H,4,13H2,1-3H3,(H,14,17);1H. The third-order valence-corrected chi connectivity index (χ3v) is 2.91. The fourth-order valence-corrected chi connectivity index (χ4v) is 1.41. The number of amides is 1. The van der Waals surface area contributed by atoms with Crippen LogP contribution in [0.15, 0.2) is 23.1 Å². The van der Waals surface area contributed by atoms with E-state index in [1.807, 2.05) is 13.8 Å². The number of nitrogens with two attached hydrogens (primary N) is 1. The highest BCUT2D eigenvalue weighted by Crippen LogP contribution is 2.09. The Morgan fingerprint density at radius 1 is 1.50 bits per heavy atom. The van der Waals surface area contributed by atoms with E-state index in [1.54, 1.807) is 19.3 Å². The highest BCUT2D eigenvalue weighted by Gasteiger charge is 2.19. The van der Waals surface area contributed by atoms with Crippen LogP contribution in [-0.2, 0) is 11.8 Å². The molecule has 2 unspecified atom stereocenters. The van der Waals surface area contributed by atoms with E-state index in [-0.39, 0.29) is 29.8 Å². The predicted octanol–water partition coefficient (Wildman–Crippen LogP) is 1.12. The molecule has 0 spiro atoms. The summed E-state index contributed by atoms with van der Waals surface area (Å²) in [7, 11) is 1.63. The van der Waals surface area contributed by atoms with Gasteiger partial charge in [0, 0.05) is 19.3 Å². The maximum absolute atomic E-state index is 11.8. The quantitative estimate of drug-likeness (QED) is 0.863. The highest BCUT2D eigenvalue weighted by atomic mass is 35.5. The SMILES string of the molecule is CCC(C)C(N)C(=O)Nc1ccc(=O)n(C)c1.Cl. The number of pyridine rings is 1. The van der Waals surface area contributed by atoms with E-state index in [9.17, 15) is 9.59 Å². The molecular formula is C12H20ClN3O2. The molecule has 6 heteroatoms. The summed E-state index contributed by atoms with van der Waals surface area (Å²) in [5.41, 5.74) is 6.27. The molecule has 0 saturated heterocycles. The molecule has 2 atom stereocenters. The Morgan fingerprint density at radius 3 is 2.61 bits per heavy atom. The zero-order valence-electron chi connectivity index (χ0n) is 10.8. The van der Waals surface area contributed by atoms with Crippen LogP contribution < -0.4 is 16.6 Å². The largest absolute Gasteiger partial charge is 0.323 e. The van der Waals surface area contributed by atoms with Crippen molar-refractivity contribution < 1.29 is 4.79 Å². The van der Waals surface area contributed by atoms with Crippen LogP contribution >= 0.6 is 12.4 Å². The van der Waals surface area contributed by atoms with Gasteiger partial charge in [0.2, 0.25) is 11.5 Å². The molecular weight excluding hydrogens is 254 g/mol. The first-order valence-corrected chi connectivity index (χ1v) is 5.68. The summed E-state index contributed by atoms with van der Waals surface area (Å²) < 4.78 is 1.41. The van der Waals surface area contributed by atoms with Crippen LogP contribution in [0.5, 0.6) is 0 Å². The summed E-state index contributed by atoms with van der Waals surface area (Å²) in [5, 5.41) is 2.70. The average molecular weight is 274 g/mol. The molecule has 1 amide bonds. The number of anilines is 1. The van der Waals surface area contributed by atoms with E-state index in [4.69, 9.17) is 5.73 Å². The fraction of sp³-hybridized carbons (Fsp3) is 0.500. The maximum Gasteiger partial charge on any atom is 0.250 e. The summed E-state index contributed by atoms with van der Waals surface area (Å²) in [6.45, 7) is 3.93. The summed E-state index contributed by atoms with van der Waals surface area (Å²) in [5.74, 6) is -0.0967. The number of rotatable bonds is 4. The van der Waals surface area contributed by atoms with Crippen molar-refractivity contribution in [1.29, 1.82) is 0 Å². The van der Waals surface area contributed by atoms with Crippen LogP contribution in [-0.4, -0.2) is 16.5 Å². The molecule has 0 saturated carbocycles. The van der Waals surface area contributed by atoms with Crippen LogP contribution in [0.1, 0.15) is 20.3 Å². The fourth-order valence-electron chi connectivity index (χ4n) is 1.41. The third kappa shape index (κ3) is 4.16. The van der Waals surface area contributed by atoms with Crippen LogP contribution in [0.25, 0.3) is 0 Å². The Hall–Kier alpha value is -1.33. The zero-order valence-corrected chi connectivity index (χ0v) is 11.7. The first-order valence-electron chi connectivity index (χ1n) is 5.68. The van der Waals surface area contributed by atoms with E-state index in [0.717, 1.165) is 6.42 Å². The van der Waals surface area contributed by atoms with Gasteiger partial charge in [0.25, 0.3) is 0 Å². The summed E-state index contributed by atoms with van der Waals surface area (Å²) in [6, 6.07) is 2.45. The summed E-state index contributed by atoms with van der Waals surface area (Å²) in [6.07, 6.45) is 2.42. The molecule has 1 aromatic heterocycles. The first kappa shape index (κ1) is 16.7. The lowest BCUT2D eigenvalue weighted by atomic mass is 9.99. The number of halogens is 1. The minimum atomic E-state index is -0.530. The molecule has 102 valence electrons. The maximum atomic E-state index is 11.8. The van der Waals surface area contributed by atoms with E-state index in [2.05, 4.69) is 5.32 Å². The van der Waals surface area contributed by atoms with E-state index in [0.29, 0.717) is 5.69 Å². The number of carbonyl (C=O) groups excluding carboxylic acids is 1. The van der Waals surface area contributed by atoms with Gasteiger partial charge in [-0.3, -0.25) is 9.59 Å². The molecule has 0 aliphatic heterocycles. The molecule has 0 radical (unpaired) electrons. The van der Waals surface area contributed by atoms with Crippen molar-refractivity contribution in [3.05, 3.63) is 28.7 Å². The van der Waals surface area contributed by atoms with Crippen molar-refractivity contribution in [3.63, 3.8) is 0 Å². The molecule has 1 aromatic rings. The van der Waals surface area contributed by atoms with Crippen LogP contribution in [0, 0.1) is 5.92 Å². The van der Waals surface area contributed by atoms with Crippen molar-refractivity contribution in [1.82, 2.24) is 4.57 Å². The second kappa shape index (κ2) is 7.18. The highest BCUT2D eigenvalue weighted by molar-refractivity contribution is 5.94. The topological polar surface area (TPSA) is 77.1 Å². The van der Waals surface area contributed by atoms with Gasteiger partial charge in [0.15, 0.2) is 0 Å². The van der Waals surface area contributed by atoms with Crippen molar-refractivity contribution in [2.45, 2.75) is 26.3 Å².